The van der Waals surface area contributed by atoms with Gasteiger partial charge in [-0.1, -0.05) is 18.2 Å². The highest BCUT2D eigenvalue weighted by Crippen LogP contribution is 2.25. The van der Waals surface area contributed by atoms with Gasteiger partial charge in [0.15, 0.2) is 0 Å². The topological polar surface area (TPSA) is 116 Å². The Morgan fingerprint density at radius 2 is 1.45 bits per heavy atom. The molecular formula is C14H12N2O4. The van der Waals surface area contributed by atoms with E-state index in [-0.39, 0.29) is 22.5 Å². The number of nitrogens with two attached hydrogens (primary N) is 2. The van der Waals surface area contributed by atoms with Crippen LogP contribution in [0.5, 0.6) is 5.75 Å². The van der Waals surface area contributed by atoms with E-state index in [4.69, 9.17) is 21.3 Å². The minimum absolute atomic E-state index is 0.0244. The number of aromatic carboxylic acids is 1. The number of hydrogen-bond donors (Lipinski definition) is 3. The molecule has 102 valence electrons. The zero-order valence-electron chi connectivity index (χ0n) is 10.4. The van der Waals surface area contributed by atoms with Crippen molar-refractivity contribution in [3.05, 3.63) is 53.6 Å². The van der Waals surface area contributed by atoms with E-state index in [9.17, 15) is 9.59 Å². The van der Waals surface area contributed by atoms with E-state index in [2.05, 4.69) is 0 Å². The largest absolute Gasteiger partial charge is 0.478 e. The van der Waals surface area contributed by atoms with E-state index < -0.39 is 11.9 Å². The molecule has 6 nitrogen and oxygen atoms in total. The van der Waals surface area contributed by atoms with Gasteiger partial charge < -0.3 is 21.3 Å². The first-order valence-corrected chi connectivity index (χ1v) is 5.69. The van der Waals surface area contributed by atoms with E-state index in [1.54, 1.807) is 30.3 Å². The number of rotatable bonds is 3. The summed E-state index contributed by atoms with van der Waals surface area (Å²) < 4.78 is 5.11. The van der Waals surface area contributed by atoms with Crippen molar-refractivity contribution < 1.29 is 19.4 Å². The lowest BCUT2D eigenvalue weighted by Crippen LogP contribution is -2.14. The molecule has 0 amide bonds. The van der Waals surface area contributed by atoms with Crippen LogP contribution in [0, 0.1) is 0 Å². The van der Waals surface area contributed by atoms with Gasteiger partial charge in [0, 0.05) is 0 Å². The van der Waals surface area contributed by atoms with E-state index in [0.717, 1.165) is 0 Å². The molecular weight excluding hydrogens is 260 g/mol. The minimum atomic E-state index is -1.21. The van der Waals surface area contributed by atoms with Crippen LogP contribution < -0.4 is 16.2 Å². The number of para-hydroxylation sites is 1. The average molecular weight is 272 g/mol. The second-order valence-corrected chi connectivity index (χ2v) is 4.00. The third-order valence-corrected chi connectivity index (χ3v) is 2.69. The second-order valence-electron chi connectivity index (χ2n) is 4.00. The Labute approximate surface area is 114 Å². The number of benzene rings is 2. The van der Waals surface area contributed by atoms with Gasteiger partial charge in [-0.2, -0.15) is 0 Å². The summed E-state index contributed by atoms with van der Waals surface area (Å²) in [6.07, 6.45) is 0. The van der Waals surface area contributed by atoms with Crippen molar-refractivity contribution in [3.8, 4) is 5.75 Å². The molecule has 5 N–H and O–H groups in total. The van der Waals surface area contributed by atoms with Gasteiger partial charge in [-0.05, 0) is 24.3 Å². The van der Waals surface area contributed by atoms with Crippen LogP contribution in [0.2, 0.25) is 0 Å². The maximum absolute atomic E-state index is 12.0. The predicted molar refractivity (Wildman–Crippen MR) is 73.6 cm³/mol. The lowest BCUT2D eigenvalue weighted by molar-refractivity contribution is 0.0693. The van der Waals surface area contributed by atoms with E-state index in [1.165, 1.54) is 12.1 Å². The van der Waals surface area contributed by atoms with Gasteiger partial charge in [-0.25, -0.2) is 9.59 Å². The zero-order valence-corrected chi connectivity index (χ0v) is 10.4. The Balaban J connectivity index is 2.32. The zero-order chi connectivity index (χ0) is 14.7. The van der Waals surface area contributed by atoms with Crippen molar-refractivity contribution in [2.24, 2.45) is 0 Å². The van der Waals surface area contributed by atoms with E-state index in [0.29, 0.717) is 5.75 Å². The van der Waals surface area contributed by atoms with Crippen LogP contribution in [0.1, 0.15) is 20.7 Å². The highest BCUT2D eigenvalue weighted by atomic mass is 16.5. The first kappa shape index (κ1) is 13.4. The molecule has 0 atom stereocenters. The predicted octanol–water partition coefficient (Wildman–Crippen LogP) is 1.77. The number of esters is 1. The lowest BCUT2D eigenvalue weighted by atomic mass is 10.1. The molecule has 0 unspecified atom stereocenters. The Morgan fingerprint density at radius 1 is 0.900 bits per heavy atom. The summed E-state index contributed by atoms with van der Waals surface area (Å²) >= 11 is 0. The molecule has 0 fully saturated rings. The molecule has 2 rings (SSSR count). The Hall–Kier alpha value is -3.02. The average Bonchev–Trinajstić information content (AvgIpc) is 2.42. The fourth-order valence-corrected chi connectivity index (χ4v) is 1.65. The molecule has 0 saturated carbocycles. The van der Waals surface area contributed by atoms with E-state index >= 15 is 0 Å². The molecule has 0 aliphatic rings. The van der Waals surface area contributed by atoms with Crippen LogP contribution in [0.4, 0.5) is 11.4 Å². The quantitative estimate of drug-likeness (QED) is 0.445. The number of carbonyl (C=O) groups is 2. The maximum Gasteiger partial charge on any atom is 0.345 e. The van der Waals surface area contributed by atoms with Crippen LogP contribution in [0.3, 0.4) is 0 Å². The molecule has 0 heterocycles. The first-order valence-electron chi connectivity index (χ1n) is 5.69. The smallest absolute Gasteiger partial charge is 0.345 e. The monoisotopic (exact) mass is 272 g/mol. The number of carboxylic acids is 1. The highest BCUT2D eigenvalue weighted by molar-refractivity contribution is 6.04. The van der Waals surface area contributed by atoms with Crippen LogP contribution in [0.25, 0.3) is 0 Å². The number of ether oxygens (including phenoxy) is 1. The molecule has 0 bridgehead atoms. The molecule has 20 heavy (non-hydrogen) atoms. The number of carboxylic acid groups (broad SMARTS) is 1. The van der Waals surface area contributed by atoms with Gasteiger partial charge in [0.25, 0.3) is 0 Å². The van der Waals surface area contributed by atoms with Crippen molar-refractivity contribution in [1.82, 2.24) is 0 Å². The first-order chi connectivity index (χ1) is 9.50. The van der Waals surface area contributed by atoms with Gasteiger partial charge >= 0.3 is 11.9 Å². The standard InChI is InChI=1S/C14H12N2O4/c15-11-9(13(17)18)6-7-10(12(11)16)14(19)20-8-4-2-1-3-5-8/h1-7H,15-16H2,(H,17,18). The van der Waals surface area contributed by atoms with Crippen molar-refractivity contribution in [2.45, 2.75) is 0 Å². The second kappa shape index (κ2) is 5.31. The van der Waals surface area contributed by atoms with E-state index in [1.807, 2.05) is 0 Å². The lowest BCUT2D eigenvalue weighted by Gasteiger charge is -2.10. The maximum atomic E-state index is 12.0. The van der Waals surface area contributed by atoms with Crippen LogP contribution >= 0.6 is 0 Å². The molecule has 0 aromatic heterocycles. The van der Waals surface area contributed by atoms with Crippen molar-refractivity contribution in [2.75, 3.05) is 11.5 Å². The van der Waals surface area contributed by atoms with Crippen molar-refractivity contribution in [1.29, 1.82) is 0 Å². The summed E-state index contributed by atoms with van der Waals surface area (Å²) in [7, 11) is 0. The Kier molecular flexibility index (Phi) is 3.56. The normalized spacial score (nSPS) is 10.0. The number of nitrogen functional groups attached to an aromatic ring is 2. The molecule has 0 aliphatic carbocycles. The van der Waals surface area contributed by atoms with Gasteiger partial charge in [-0.15, -0.1) is 0 Å². The molecule has 0 aliphatic heterocycles. The van der Waals surface area contributed by atoms with Gasteiger partial charge in [0.1, 0.15) is 5.75 Å². The summed E-state index contributed by atoms with van der Waals surface area (Å²) in [5, 5.41) is 8.90. The SMILES string of the molecule is Nc1c(C(=O)O)ccc(C(=O)Oc2ccccc2)c1N. The fraction of sp³-hybridized carbons (Fsp3) is 0. The van der Waals surface area contributed by atoms with Crippen LogP contribution in [-0.4, -0.2) is 17.0 Å². The summed E-state index contributed by atoms with van der Waals surface area (Å²) in [5.74, 6) is -1.55. The highest BCUT2D eigenvalue weighted by Gasteiger charge is 2.18. The Bertz CT molecular complexity index is 668. The van der Waals surface area contributed by atoms with Gasteiger partial charge in [0.2, 0.25) is 0 Å². The molecule has 2 aromatic rings. The molecule has 0 radical (unpaired) electrons. The van der Waals surface area contributed by atoms with Crippen molar-refractivity contribution >= 4 is 23.3 Å². The fourth-order valence-electron chi connectivity index (χ4n) is 1.65. The molecule has 6 heteroatoms. The molecule has 0 spiro atoms. The summed E-state index contributed by atoms with van der Waals surface area (Å²) in [6.45, 7) is 0. The Morgan fingerprint density at radius 3 is 2.05 bits per heavy atom. The third-order valence-electron chi connectivity index (χ3n) is 2.69. The van der Waals surface area contributed by atoms with Crippen LogP contribution in [0.15, 0.2) is 42.5 Å². The number of hydrogen-bond acceptors (Lipinski definition) is 5. The minimum Gasteiger partial charge on any atom is -0.478 e. The van der Waals surface area contributed by atoms with Gasteiger partial charge in [-0.3, -0.25) is 0 Å². The van der Waals surface area contributed by atoms with Gasteiger partial charge in [0.05, 0.1) is 22.5 Å². The summed E-state index contributed by atoms with van der Waals surface area (Å²) in [4.78, 5) is 22.9. The number of anilines is 2. The summed E-state index contributed by atoms with van der Waals surface area (Å²) in [6, 6.07) is 10.9. The number of carbonyl (C=O) groups excluding carboxylic acids is 1. The molecule has 2 aromatic carbocycles. The van der Waals surface area contributed by atoms with Crippen molar-refractivity contribution in [3.63, 3.8) is 0 Å². The summed E-state index contributed by atoms with van der Waals surface area (Å²) in [5.41, 5.74) is 10.9. The molecule has 0 saturated heterocycles. The van der Waals surface area contributed by atoms with Crippen LogP contribution in [-0.2, 0) is 0 Å². The third kappa shape index (κ3) is 2.54.